The summed E-state index contributed by atoms with van der Waals surface area (Å²) >= 11 is 0. The fourth-order valence-electron chi connectivity index (χ4n) is 3.17. The summed E-state index contributed by atoms with van der Waals surface area (Å²) in [5.41, 5.74) is 2.14. The maximum absolute atomic E-state index is 12.5. The maximum atomic E-state index is 12.5. The van der Waals surface area contributed by atoms with E-state index in [4.69, 9.17) is 4.74 Å². The van der Waals surface area contributed by atoms with Gasteiger partial charge in [-0.3, -0.25) is 14.4 Å². The Morgan fingerprint density at radius 2 is 2.23 bits per heavy atom. The number of rotatable bonds is 2. The maximum Gasteiger partial charge on any atom is 0.279 e. The molecule has 3 heterocycles. The van der Waals surface area contributed by atoms with Crippen molar-refractivity contribution in [3.63, 3.8) is 0 Å². The first-order chi connectivity index (χ1) is 12.5. The lowest BCUT2D eigenvalue weighted by Crippen LogP contribution is -2.52. The van der Waals surface area contributed by atoms with Crippen LogP contribution in [-0.2, 0) is 16.6 Å². The van der Waals surface area contributed by atoms with Gasteiger partial charge in [-0.25, -0.2) is 4.99 Å². The number of nitrogens with zero attached hydrogens (tertiary/aromatic N) is 4. The van der Waals surface area contributed by atoms with Gasteiger partial charge in [0.25, 0.3) is 5.91 Å². The van der Waals surface area contributed by atoms with Crippen LogP contribution in [0.5, 0.6) is 0 Å². The monoisotopic (exact) mass is 355 g/mol. The van der Waals surface area contributed by atoms with E-state index in [1.54, 1.807) is 17.8 Å². The van der Waals surface area contributed by atoms with Crippen LogP contribution >= 0.6 is 0 Å². The fraction of sp³-hybridized carbons (Fsp3) is 0.389. The quantitative estimate of drug-likeness (QED) is 0.765. The second-order valence-electron chi connectivity index (χ2n) is 6.63. The van der Waals surface area contributed by atoms with E-state index in [9.17, 15) is 9.90 Å². The molecule has 1 aromatic heterocycles. The molecule has 1 aromatic carbocycles. The van der Waals surface area contributed by atoms with Gasteiger partial charge in [-0.2, -0.15) is 5.10 Å². The zero-order chi connectivity index (χ0) is 18.3. The van der Waals surface area contributed by atoms with Gasteiger partial charge in [0.2, 0.25) is 5.96 Å². The third kappa shape index (κ3) is 3.09. The number of fused-ring (bicyclic) bond motifs is 1. The number of aliphatic imine (C=N–C) groups is 1. The molecule has 0 spiro atoms. The van der Waals surface area contributed by atoms with E-state index in [0.717, 1.165) is 16.5 Å². The van der Waals surface area contributed by atoms with Crippen molar-refractivity contribution in [2.45, 2.75) is 18.6 Å². The Kier molecular flexibility index (Phi) is 4.21. The van der Waals surface area contributed by atoms with Gasteiger partial charge in [0.05, 0.1) is 24.3 Å². The topological polar surface area (TPSA) is 92.0 Å². The van der Waals surface area contributed by atoms with Crippen LogP contribution in [0, 0.1) is 0 Å². The Morgan fingerprint density at radius 3 is 3.04 bits per heavy atom. The Bertz CT molecular complexity index is 917. The van der Waals surface area contributed by atoms with Gasteiger partial charge in [0.15, 0.2) is 0 Å². The van der Waals surface area contributed by atoms with Gasteiger partial charge in [0.1, 0.15) is 5.70 Å². The highest BCUT2D eigenvalue weighted by atomic mass is 16.5. The van der Waals surface area contributed by atoms with Crippen LogP contribution in [0.25, 0.3) is 17.0 Å². The second-order valence-corrected chi connectivity index (χ2v) is 6.63. The first-order valence-corrected chi connectivity index (χ1v) is 8.55. The summed E-state index contributed by atoms with van der Waals surface area (Å²) < 4.78 is 7.14. The molecule has 2 aliphatic heterocycles. The van der Waals surface area contributed by atoms with Gasteiger partial charge in [0, 0.05) is 32.3 Å². The van der Waals surface area contributed by atoms with Crippen LogP contribution < -0.4 is 5.32 Å². The highest BCUT2D eigenvalue weighted by Gasteiger charge is 2.31. The Balaban J connectivity index is 1.59. The number of hydrogen-bond donors (Lipinski definition) is 2. The minimum absolute atomic E-state index is 0.190. The van der Waals surface area contributed by atoms with Crippen LogP contribution in [-0.4, -0.2) is 64.1 Å². The van der Waals surface area contributed by atoms with Crippen molar-refractivity contribution in [3.8, 4) is 0 Å². The molecule has 0 bridgehead atoms. The van der Waals surface area contributed by atoms with Gasteiger partial charge in [-0.1, -0.05) is 6.07 Å². The van der Waals surface area contributed by atoms with Crippen molar-refractivity contribution < 1.29 is 14.6 Å². The summed E-state index contributed by atoms with van der Waals surface area (Å²) in [6.45, 7) is 0.932. The minimum atomic E-state index is -0.518. The molecule has 4 rings (SSSR count). The van der Waals surface area contributed by atoms with Crippen molar-refractivity contribution >= 4 is 28.8 Å². The largest absolute Gasteiger partial charge is 0.391 e. The zero-order valence-electron chi connectivity index (χ0n) is 14.7. The van der Waals surface area contributed by atoms with Crippen LogP contribution in [0.15, 0.2) is 35.1 Å². The molecule has 2 aromatic rings. The van der Waals surface area contributed by atoms with E-state index in [1.807, 2.05) is 31.4 Å². The molecule has 1 saturated heterocycles. The molecule has 2 aliphatic rings. The number of carbonyl (C=O) groups excluding carboxylic acids is 1. The normalized spacial score (nSPS) is 25.2. The van der Waals surface area contributed by atoms with Crippen LogP contribution in [0.1, 0.15) is 12.0 Å². The first kappa shape index (κ1) is 16.7. The number of guanidine groups is 1. The SMILES string of the molecule is CN1C(=O)/C(=C/c2ccc3nn(C)cc3c2)N=C1N[C@@H]1COCC[C@H]1O. The van der Waals surface area contributed by atoms with Gasteiger partial charge < -0.3 is 15.2 Å². The molecule has 2 atom stereocenters. The number of hydrogen-bond acceptors (Lipinski definition) is 6. The van der Waals surface area contributed by atoms with E-state index in [0.29, 0.717) is 31.3 Å². The highest BCUT2D eigenvalue weighted by Crippen LogP contribution is 2.20. The minimum Gasteiger partial charge on any atom is -0.391 e. The molecule has 8 nitrogen and oxygen atoms in total. The van der Waals surface area contributed by atoms with Gasteiger partial charge in [-0.15, -0.1) is 0 Å². The summed E-state index contributed by atoms with van der Waals surface area (Å²) in [5, 5.41) is 18.5. The molecule has 2 N–H and O–H groups in total. The average molecular weight is 355 g/mol. The molecule has 0 radical (unpaired) electrons. The fourth-order valence-corrected chi connectivity index (χ4v) is 3.17. The molecule has 8 heteroatoms. The van der Waals surface area contributed by atoms with E-state index in [-0.39, 0.29) is 11.9 Å². The number of aliphatic hydroxyl groups excluding tert-OH is 1. The predicted octanol–water partition coefficient (Wildman–Crippen LogP) is 0.482. The summed E-state index contributed by atoms with van der Waals surface area (Å²) in [6.07, 6.45) is 3.74. The van der Waals surface area contributed by atoms with Crippen molar-refractivity contribution in [2.75, 3.05) is 20.3 Å². The molecule has 1 amide bonds. The number of ether oxygens (including phenoxy) is 1. The standard InChI is InChI=1S/C18H21N5O3/c1-22-9-12-7-11(3-4-13(12)21-22)8-14-17(25)23(2)18(19-14)20-15-10-26-6-5-16(15)24/h3-4,7-9,15-16,24H,5-6,10H2,1-2H3,(H,19,20)/b14-8-/t15-,16-/m1/s1. The van der Waals surface area contributed by atoms with Crippen molar-refractivity contribution in [3.05, 3.63) is 35.7 Å². The predicted molar refractivity (Wildman–Crippen MR) is 97.3 cm³/mol. The number of amides is 1. The number of aromatic nitrogens is 2. The second kappa shape index (κ2) is 6.54. The highest BCUT2D eigenvalue weighted by molar-refractivity contribution is 6.13. The Morgan fingerprint density at radius 1 is 1.38 bits per heavy atom. The molecular weight excluding hydrogens is 334 g/mol. The Hall–Kier alpha value is -2.71. The molecule has 136 valence electrons. The molecule has 0 aliphatic carbocycles. The molecule has 0 unspecified atom stereocenters. The molecular formula is C18H21N5O3. The Labute approximate surface area is 150 Å². The van der Waals surface area contributed by atoms with Crippen LogP contribution in [0.3, 0.4) is 0 Å². The molecule has 26 heavy (non-hydrogen) atoms. The van der Waals surface area contributed by atoms with Crippen LogP contribution in [0.4, 0.5) is 0 Å². The smallest absolute Gasteiger partial charge is 0.279 e. The lowest BCUT2D eigenvalue weighted by Gasteiger charge is -2.30. The average Bonchev–Trinajstić information content (AvgIpc) is 3.11. The molecule has 0 saturated carbocycles. The van der Waals surface area contributed by atoms with E-state index >= 15 is 0 Å². The lowest BCUT2D eigenvalue weighted by molar-refractivity contribution is -0.121. The van der Waals surface area contributed by atoms with E-state index in [1.165, 1.54) is 4.90 Å². The number of aryl methyl sites for hydroxylation is 1. The van der Waals surface area contributed by atoms with E-state index < -0.39 is 6.10 Å². The first-order valence-electron chi connectivity index (χ1n) is 8.55. The van der Waals surface area contributed by atoms with Gasteiger partial charge in [-0.05, 0) is 30.2 Å². The van der Waals surface area contributed by atoms with Crippen molar-refractivity contribution in [1.29, 1.82) is 0 Å². The number of carbonyl (C=O) groups is 1. The number of likely N-dealkylation sites (N-methyl/N-ethyl adjacent to an activating group) is 1. The number of aliphatic hydroxyl groups is 1. The molecule has 1 fully saturated rings. The third-order valence-electron chi connectivity index (χ3n) is 4.65. The summed E-state index contributed by atoms with van der Waals surface area (Å²) in [7, 11) is 3.54. The van der Waals surface area contributed by atoms with E-state index in [2.05, 4.69) is 15.4 Å². The summed E-state index contributed by atoms with van der Waals surface area (Å²) in [5.74, 6) is 0.239. The van der Waals surface area contributed by atoms with Crippen LogP contribution in [0.2, 0.25) is 0 Å². The van der Waals surface area contributed by atoms with Crippen molar-refractivity contribution in [1.82, 2.24) is 20.0 Å². The van der Waals surface area contributed by atoms with Crippen molar-refractivity contribution in [2.24, 2.45) is 12.0 Å². The zero-order valence-corrected chi connectivity index (χ0v) is 14.7. The van der Waals surface area contributed by atoms with Gasteiger partial charge >= 0.3 is 0 Å². The lowest BCUT2D eigenvalue weighted by atomic mass is 10.1. The summed E-state index contributed by atoms with van der Waals surface area (Å²) in [4.78, 5) is 18.4. The summed E-state index contributed by atoms with van der Waals surface area (Å²) in [6, 6.07) is 5.53. The number of nitrogens with one attached hydrogen (secondary N) is 1. The number of benzene rings is 1. The third-order valence-corrected chi connectivity index (χ3v) is 4.65.